The molecule has 2 atom stereocenters. The number of hydrogen-bond donors (Lipinski definition) is 3. The van der Waals surface area contributed by atoms with E-state index in [9.17, 15) is 9.18 Å². The monoisotopic (exact) mass is 320 g/mol. The zero-order valence-electron chi connectivity index (χ0n) is 11.3. The van der Waals surface area contributed by atoms with Gasteiger partial charge >= 0.3 is 6.03 Å². The van der Waals surface area contributed by atoms with Crippen LogP contribution < -0.4 is 10.6 Å². The maximum atomic E-state index is 13.0. The highest BCUT2D eigenvalue weighted by Crippen LogP contribution is 2.15. The van der Waals surface area contributed by atoms with E-state index in [1.807, 2.05) is 13.2 Å². The minimum atomic E-state index is -0.487. The average molecular weight is 321 g/mol. The highest BCUT2D eigenvalue weighted by molar-refractivity contribution is 7.99. The molecular weight excluding hydrogens is 303 g/mol. The number of carbonyl (C=O) groups is 1. The molecule has 0 heterocycles. The van der Waals surface area contributed by atoms with Gasteiger partial charge in [0.1, 0.15) is 5.82 Å². The number of urea groups is 1. The molecule has 7 heteroatoms. The van der Waals surface area contributed by atoms with Gasteiger partial charge in [-0.3, -0.25) is 0 Å². The normalized spacial score (nSPS) is 13.7. The van der Waals surface area contributed by atoms with Gasteiger partial charge < -0.3 is 15.7 Å². The minimum Gasteiger partial charge on any atom is -0.395 e. The molecule has 2 unspecified atom stereocenters. The Balaban J connectivity index is 2.45. The van der Waals surface area contributed by atoms with Crippen LogP contribution in [0, 0.1) is 5.82 Å². The molecule has 0 aliphatic rings. The molecule has 0 saturated carbocycles. The van der Waals surface area contributed by atoms with E-state index in [0.29, 0.717) is 5.56 Å². The molecule has 1 aromatic rings. The van der Waals surface area contributed by atoms with Gasteiger partial charge in [-0.25, -0.2) is 9.18 Å². The summed E-state index contributed by atoms with van der Waals surface area (Å²) in [5, 5.41) is 14.5. The van der Waals surface area contributed by atoms with Crippen molar-refractivity contribution < 1.29 is 14.3 Å². The zero-order chi connectivity index (χ0) is 15.1. The van der Waals surface area contributed by atoms with Crippen LogP contribution in [-0.2, 0) is 6.54 Å². The summed E-state index contributed by atoms with van der Waals surface area (Å²) < 4.78 is 13.0. The summed E-state index contributed by atoms with van der Waals surface area (Å²) in [6.45, 7) is 2.07. The first-order chi connectivity index (χ1) is 9.47. The lowest BCUT2D eigenvalue weighted by Gasteiger charge is -2.21. The summed E-state index contributed by atoms with van der Waals surface area (Å²) in [5.41, 5.74) is 0.711. The Morgan fingerprint density at radius 3 is 2.80 bits per heavy atom. The lowest BCUT2D eigenvalue weighted by atomic mass is 10.2. The summed E-state index contributed by atoms with van der Waals surface area (Å²) in [7, 11) is 0. The van der Waals surface area contributed by atoms with Crippen LogP contribution in [0.5, 0.6) is 0 Å². The van der Waals surface area contributed by atoms with Gasteiger partial charge in [0.25, 0.3) is 0 Å². The van der Waals surface area contributed by atoms with Crippen LogP contribution in [0.4, 0.5) is 9.18 Å². The van der Waals surface area contributed by atoms with Crippen molar-refractivity contribution >= 4 is 29.4 Å². The maximum absolute atomic E-state index is 13.0. The lowest BCUT2D eigenvalue weighted by molar-refractivity contribution is 0.232. The fourth-order valence-electron chi connectivity index (χ4n) is 1.62. The van der Waals surface area contributed by atoms with Crippen molar-refractivity contribution in [3.63, 3.8) is 0 Å². The predicted octanol–water partition coefficient (Wildman–Crippen LogP) is 2.39. The number of benzene rings is 1. The number of thioether (sulfide) groups is 1. The fourth-order valence-corrected chi connectivity index (χ4v) is 2.45. The molecule has 20 heavy (non-hydrogen) atoms. The molecule has 0 saturated heterocycles. The van der Waals surface area contributed by atoms with Crippen LogP contribution >= 0.6 is 23.4 Å². The van der Waals surface area contributed by atoms with Crippen LogP contribution in [0.3, 0.4) is 0 Å². The molecule has 0 spiro atoms. The first-order valence-corrected chi connectivity index (χ1v) is 7.76. The number of halogens is 2. The molecule has 1 aromatic carbocycles. The Hall–Kier alpha value is -0.980. The Labute approximate surface area is 127 Å². The van der Waals surface area contributed by atoms with Gasteiger partial charge in [-0.1, -0.05) is 17.7 Å². The number of rotatable bonds is 6. The molecule has 4 nitrogen and oxygen atoms in total. The summed E-state index contributed by atoms with van der Waals surface area (Å²) in [5.74, 6) is -0.487. The van der Waals surface area contributed by atoms with Gasteiger partial charge in [-0.05, 0) is 30.9 Å². The molecule has 0 aromatic heterocycles. The first kappa shape index (κ1) is 17.1. The van der Waals surface area contributed by atoms with E-state index in [2.05, 4.69) is 10.6 Å². The third kappa shape index (κ3) is 5.19. The molecule has 1 rings (SSSR count). The highest BCUT2D eigenvalue weighted by Gasteiger charge is 2.17. The van der Waals surface area contributed by atoms with Crippen LogP contribution in [0.25, 0.3) is 0 Å². The molecule has 0 bridgehead atoms. The Bertz CT molecular complexity index is 458. The predicted molar refractivity (Wildman–Crippen MR) is 80.6 cm³/mol. The van der Waals surface area contributed by atoms with Crippen LogP contribution in [0.2, 0.25) is 5.02 Å². The van der Waals surface area contributed by atoms with Crippen LogP contribution in [0.15, 0.2) is 18.2 Å². The van der Waals surface area contributed by atoms with E-state index in [4.69, 9.17) is 16.7 Å². The number of nitrogens with one attached hydrogen (secondary N) is 2. The van der Waals surface area contributed by atoms with Gasteiger partial charge in [-0.2, -0.15) is 11.8 Å². The van der Waals surface area contributed by atoms with Gasteiger partial charge in [0.2, 0.25) is 0 Å². The summed E-state index contributed by atoms with van der Waals surface area (Å²) in [6, 6.07) is 3.79. The lowest BCUT2D eigenvalue weighted by Crippen LogP contribution is -2.45. The molecule has 0 aliphatic heterocycles. The van der Waals surface area contributed by atoms with Crippen LogP contribution in [0.1, 0.15) is 12.5 Å². The van der Waals surface area contributed by atoms with Crippen molar-refractivity contribution in [3.8, 4) is 0 Å². The fraction of sp³-hybridized carbons (Fsp3) is 0.462. The second-order valence-electron chi connectivity index (χ2n) is 4.32. The Kier molecular flexibility index (Phi) is 7.12. The van der Waals surface area contributed by atoms with E-state index in [1.165, 1.54) is 23.9 Å². The Morgan fingerprint density at radius 1 is 1.55 bits per heavy atom. The topological polar surface area (TPSA) is 61.4 Å². The van der Waals surface area contributed by atoms with Crippen molar-refractivity contribution in [2.45, 2.75) is 24.8 Å². The average Bonchev–Trinajstić information content (AvgIpc) is 2.41. The molecule has 2 amide bonds. The van der Waals surface area contributed by atoms with Gasteiger partial charge in [0, 0.05) is 17.8 Å². The van der Waals surface area contributed by atoms with Crippen LogP contribution in [-0.4, -0.2) is 35.3 Å². The van der Waals surface area contributed by atoms with E-state index in [-0.39, 0.29) is 35.5 Å². The second-order valence-corrected chi connectivity index (χ2v) is 5.80. The first-order valence-electron chi connectivity index (χ1n) is 6.10. The van der Waals surface area contributed by atoms with E-state index in [1.54, 1.807) is 6.07 Å². The standard InChI is InChI=1S/C13H18ClFN2O2S/c1-8(12(7-18)20-2)17-13(19)16-6-9-3-4-11(15)10(14)5-9/h3-5,8,12,18H,6-7H2,1-2H3,(H2,16,17,19). The third-order valence-corrected chi connectivity index (χ3v) is 4.29. The number of aliphatic hydroxyl groups excluding tert-OH is 1. The minimum absolute atomic E-state index is 0.00379. The van der Waals surface area contributed by atoms with Crippen molar-refractivity contribution in [1.82, 2.24) is 10.6 Å². The molecule has 0 radical (unpaired) electrons. The smallest absolute Gasteiger partial charge is 0.315 e. The summed E-state index contributed by atoms with van der Waals surface area (Å²) in [6.07, 6.45) is 1.87. The van der Waals surface area contributed by atoms with Crippen molar-refractivity contribution in [2.24, 2.45) is 0 Å². The summed E-state index contributed by atoms with van der Waals surface area (Å²) >= 11 is 7.15. The van der Waals surface area contributed by atoms with Gasteiger partial charge in [0.15, 0.2) is 0 Å². The van der Waals surface area contributed by atoms with Gasteiger partial charge in [0.05, 0.1) is 11.6 Å². The highest BCUT2D eigenvalue weighted by atomic mass is 35.5. The number of hydrogen-bond acceptors (Lipinski definition) is 3. The van der Waals surface area contributed by atoms with E-state index >= 15 is 0 Å². The second kappa shape index (κ2) is 8.34. The third-order valence-electron chi connectivity index (χ3n) is 2.84. The SMILES string of the molecule is CSC(CO)C(C)NC(=O)NCc1ccc(F)c(Cl)c1. The van der Waals surface area contributed by atoms with E-state index < -0.39 is 5.82 Å². The van der Waals surface area contributed by atoms with E-state index in [0.717, 1.165) is 0 Å². The van der Waals surface area contributed by atoms with Crippen molar-refractivity contribution in [3.05, 3.63) is 34.6 Å². The molecule has 3 N–H and O–H groups in total. The largest absolute Gasteiger partial charge is 0.395 e. The summed E-state index contributed by atoms with van der Waals surface area (Å²) in [4.78, 5) is 11.7. The maximum Gasteiger partial charge on any atom is 0.315 e. The Morgan fingerprint density at radius 2 is 2.25 bits per heavy atom. The molecule has 0 fully saturated rings. The van der Waals surface area contributed by atoms with Gasteiger partial charge in [-0.15, -0.1) is 0 Å². The molecule has 0 aliphatic carbocycles. The number of carbonyl (C=O) groups excluding carboxylic acids is 1. The number of aliphatic hydroxyl groups is 1. The molecule has 112 valence electrons. The number of amides is 2. The molecular formula is C13H18ClFN2O2S. The quantitative estimate of drug-likeness (QED) is 0.754. The zero-order valence-corrected chi connectivity index (χ0v) is 12.9. The van der Waals surface area contributed by atoms with Crippen molar-refractivity contribution in [2.75, 3.05) is 12.9 Å². The van der Waals surface area contributed by atoms with Crippen molar-refractivity contribution in [1.29, 1.82) is 0 Å².